The van der Waals surface area contributed by atoms with Crippen molar-refractivity contribution in [1.82, 2.24) is 4.98 Å². The van der Waals surface area contributed by atoms with Crippen LogP contribution in [0, 0.1) is 0 Å². The largest absolute Gasteiger partial charge is 0.497 e. The zero-order valence-corrected chi connectivity index (χ0v) is 17.1. The SMILES string of the molecule is COc1ccc(-c2nc(-c3ccccc3)c(NC(=O)c3ccc(Cl)cc3)s2)cc1. The Bertz CT molecular complexity index is 1120. The molecule has 1 amide bonds. The van der Waals surface area contributed by atoms with Crippen LogP contribution in [0.2, 0.25) is 5.02 Å². The molecule has 4 nitrogen and oxygen atoms in total. The van der Waals surface area contributed by atoms with Crippen LogP contribution < -0.4 is 10.1 Å². The van der Waals surface area contributed by atoms with E-state index >= 15 is 0 Å². The minimum Gasteiger partial charge on any atom is -0.497 e. The lowest BCUT2D eigenvalue weighted by atomic mass is 10.1. The van der Waals surface area contributed by atoms with E-state index in [1.54, 1.807) is 31.4 Å². The number of benzene rings is 3. The first kappa shape index (κ1) is 19.2. The molecule has 0 saturated carbocycles. The maximum Gasteiger partial charge on any atom is 0.256 e. The summed E-state index contributed by atoms with van der Waals surface area (Å²) in [6, 6.07) is 24.3. The maximum atomic E-state index is 12.7. The van der Waals surface area contributed by atoms with Crippen LogP contribution in [0.4, 0.5) is 5.00 Å². The van der Waals surface area contributed by atoms with Crippen molar-refractivity contribution in [3.8, 4) is 27.6 Å². The molecule has 0 fully saturated rings. The fraction of sp³-hybridized carbons (Fsp3) is 0.0435. The van der Waals surface area contributed by atoms with Crippen molar-refractivity contribution in [2.24, 2.45) is 0 Å². The third-order valence-electron chi connectivity index (χ3n) is 4.34. The number of rotatable bonds is 5. The van der Waals surface area contributed by atoms with Crippen molar-refractivity contribution < 1.29 is 9.53 Å². The summed E-state index contributed by atoms with van der Waals surface area (Å²) in [7, 11) is 1.64. The van der Waals surface area contributed by atoms with Gasteiger partial charge in [-0.3, -0.25) is 4.79 Å². The molecule has 0 radical (unpaired) electrons. The second-order valence-electron chi connectivity index (χ2n) is 6.25. The summed E-state index contributed by atoms with van der Waals surface area (Å²) in [6.45, 7) is 0. The van der Waals surface area contributed by atoms with E-state index in [9.17, 15) is 4.79 Å². The predicted molar refractivity (Wildman–Crippen MR) is 119 cm³/mol. The van der Waals surface area contributed by atoms with Crippen molar-refractivity contribution in [2.45, 2.75) is 0 Å². The molecule has 0 spiro atoms. The summed E-state index contributed by atoms with van der Waals surface area (Å²) in [5.41, 5.74) is 3.17. The van der Waals surface area contributed by atoms with Gasteiger partial charge in [-0.05, 0) is 48.5 Å². The number of nitrogens with zero attached hydrogens (tertiary/aromatic N) is 1. The first-order valence-electron chi connectivity index (χ1n) is 8.91. The summed E-state index contributed by atoms with van der Waals surface area (Å²) in [5, 5.41) is 5.11. The summed E-state index contributed by atoms with van der Waals surface area (Å²) in [4.78, 5) is 17.6. The van der Waals surface area contributed by atoms with Gasteiger partial charge >= 0.3 is 0 Å². The molecule has 1 N–H and O–H groups in total. The molecular weight excluding hydrogens is 404 g/mol. The highest BCUT2D eigenvalue weighted by atomic mass is 35.5. The maximum absolute atomic E-state index is 12.7. The second kappa shape index (κ2) is 8.47. The van der Waals surface area contributed by atoms with Gasteiger partial charge in [-0.15, -0.1) is 0 Å². The van der Waals surface area contributed by atoms with E-state index in [-0.39, 0.29) is 5.91 Å². The average Bonchev–Trinajstić information content (AvgIpc) is 3.18. The highest BCUT2D eigenvalue weighted by molar-refractivity contribution is 7.19. The Labute approximate surface area is 177 Å². The van der Waals surface area contributed by atoms with Crippen LogP contribution in [0.5, 0.6) is 5.75 Å². The Morgan fingerprint density at radius 2 is 1.62 bits per heavy atom. The smallest absolute Gasteiger partial charge is 0.256 e. The van der Waals surface area contributed by atoms with Crippen LogP contribution in [0.15, 0.2) is 78.9 Å². The average molecular weight is 421 g/mol. The second-order valence-corrected chi connectivity index (χ2v) is 7.69. The number of ether oxygens (including phenoxy) is 1. The van der Waals surface area contributed by atoms with Gasteiger partial charge in [-0.25, -0.2) is 4.98 Å². The number of halogens is 1. The lowest BCUT2D eigenvalue weighted by Crippen LogP contribution is -2.11. The van der Waals surface area contributed by atoms with Crippen LogP contribution in [-0.2, 0) is 0 Å². The van der Waals surface area contributed by atoms with Gasteiger partial charge in [0.15, 0.2) is 0 Å². The molecule has 4 aromatic rings. The summed E-state index contributed by atoms with van der Waals surface area (Å²) < 4.78 is 5.23. The summed E-state index contributed by atoms with van der Waals surface area (Å²) in [6.07, 6.45) is 0. The molecule has 0 unspecified atom stereocenters. The van der Waals surface area contributed by atoms with E-state index in [1.807, 2.05) is 54.6 Å². The Balaban J connectivity index is 1.71. The van der Waals surface area contributed by atoms with Gasteiger partial charge in [0.05, 0.1) is 7.11 Å². The van der Waals surface area contributed by atoms with Crippen LogP contribution in [0.25, 0.3) is 21.8 Å². The number of hydrogen-bond acceptors (Lipinski definition) is 4. The van der Waals surface area contributed by atoms with Crippen molar-refractivity contribution in [1.29, 1.82) is 0 Å². The zero-order chi connectivity index (χ0) is 20.2. The van der Waals surface area contributed by atoms with E-state index in [0.717, 1.165) is 27.6 Å². The summed E-state index contributed by atoms with van der Waals surface area (Å²) >= 11 is 7.36. The molecule has 6 heteroatoms. The Morgan fingerprint density at radius 3 is 2.28 bits per heavy atom. The molecule has 0 aliphatic carbocycles. The number of nitrogens with one attached hydrogen (secondary N) is 1. The number of methoxy groups -OCH3 is 1. The third-order valence-corrected chi connectivity index (χ3v) is 5.62. The molecule has 0 bridgehead atoms. The number of aromatic nitrogens is 1. The van der Waals surface area contributed by atoms with E-state index in [4.69, 9.17) is 21.3 Å². The third kappa shape index (κ3) is 4.31. The topological polar surface area (TPSA) is 51.2 Å². The molecule has 0 aliphatic heterocycles. The molecule has 144 valence electrons. The van der Waals surface area contributed by atoms with Crippen LogP contribution in [0.3, 0.4) is 0 Å². The molecule has 29 heavy (non-hydrogen) atoms. The first-order chi connectivity index (χ1) is 14.1. The van der Waals surface area contributed by atoms with E-state index < -0.39 is 0 Å². The Morgan fingerprint density at radius 1 is 0.931 bits per heavy atom. The fourth-order valence-electron chi connectivity index (χ4n) is 2.83. The number of hydrogen-bond donors (Lipinski definition) is 1. The van der Waals surface area contributed by atoms with E-state index in [0.29, 0.717) is 15.6 Å². The number of thiazole rings is 1. The van der Waals surface area contributed by atoms with Crippen molar-refractivity contribution in [2.75, 3.05) is 12.4 Å². The monoisotopic (exact) mass is 420 g/mol. The van der Waals surface area contributed by atoms with Crippen LogP contribution in [-0.4, -0.2) is 18.0 Å². The van der Waals surface area contributed by atoms with E-state index in [2.05, 4.69) is 5.32 Å². The minimum absolute atomic E-state index is 0.205. The molecule has 3 aromatic carbocycles. The standard InChI is InChI=1S/C23H17ClN2O2S/c1-28-19-13-9-17(10-14-19)22-25-20(15-5-3-2-4-6-15)23(29-22)26-21(27)16-7-11-18(24)12-8-16/h2-14H,1H3,(H,26,27). The zero-order valence-electron chi connectivity index (χ0n) is 15.6. The van der Waals surface area contributed by atoms with Crippen molar-refractivity contribution in [3.05, 3.63) is 89.4 Å². The highest BCUT2D eigenvalue weighted by Crippen LogP contribution is 2.38. The van der Waals surface area contributed by atoms with Crippen molar-refractivity contribution in [3.63, 3.8) is 0 Å². The van der Waals surface area contributed by atoms with Crippen LogP contribution in [0.1, 0.15) is 10.4 Å². The molecule has 1 aromatic heterocycles. The van der Waals surface area contributed by atoms with Crippen molar-refractivity contribution >= 4 is 33.8 Å². The van der Waals surface area contributed by atoms with Crippen LogP contribution >= 0.6 is 22.9 Å². The number of amides is 1. The lowest BCUT2D eigenvalue weighted by Gasteiger charge is -2.05. The number of carbonyl (C=O) groups excluding carboxylic acids is 1. The number of carbonyl (C=O) groups is 1. The Kier molecular flexibility index (Phi) is 5.60. The fourth-order valence-corrected chi connectivity index (χ4v) is 3.94. The molecule has 1 heterocycles. The van der Waals surface area contributed by atoms with Gasteiger partial charge in [0.2, 0.25) is 0 Å². The summed E-state index contributed by atoms with van der Waals surface area (Å²) in [5.74, 6) is 0.577. The molecule has 0 aliphatic rings. The van der Waals surface area contributed by atoms with Gasteiger partial charge < -0.3 is 10.1 Å². The first-order valence-corrected chi connectivity index (χ1v) is 10.1. The normalized spacial score (nSPS) is 10.6. The lowest BCUT2D eigenvalue weighted by molar-refractivity contribution is 0.102. The molecule has 0 saturated heterocycles. The van der Waals surface area contributed by atoms with Gasteiger partial charge in [-0.2, -0.15) is 0 Å². The van der Waals surface area contributed by atoms with E-state index in [1.165, 1.54) is 11.3 Å². The minimum atomic E-state index is -0.205. The molecular formula is C23H17ClN2O2S. The predicted octanol–water partition coefficient (Wildman–Crippen LogP) is 6.39. The quantitative estimate of drug-likeness (QED) is 0.407. The van der Waals surface area contributed by atoms with Gasteiger partial charge in [0.25, 0.3) is 5.91 Å². The number of anilines is 1. The Hall–Kier alpha value is -3.15. The van der Waals surface area contributed by atoms with Gasteiger partial charge in [0, 0.05) is 21.7 Å². The van der Waals surface area contributed by atoms with Gasteiger partial charge in [0.1, 0.15) is 21.5 Å². The van der Waals surface area contributed by atoms with Gasteiger partial charge in [-0.1, -0.05) is 53.3 Å². The molecule has 0 atom stereocenters. The highest BCUT2D eigenvalue weighted by Gasteiger charge is 2.17. The molecule has 4 rings (SSSR count).